The van der Waals surface area contributed by atoms with Crippen molar-refractivity contribution in [1.29, 1.82) is 0 Å². The minimum Gasteiger partial charge on any atom is -0.508 e. The number of rotatable bonds is 3. The number of fused-ring (bicyclic) bond motifs is 1. The topological polar surface area (TPSA) is 98.1 Å². The summed E-state index contributed by atoms with van der Waals surface area (Å²) < 4.78 is 31.7. The molecule has 28 heavy (non-hydrogen) atoms. The molecule has 0 radical (unpaired) electrons. The molecule has 1 aliphatic heterocycles. The lowest BCUT2D eigenvalue weighted by Crippen LogP contribution is -2.39. The maximum absolute atomic E-state index is 11.6. The number of nitrogens with zero attached hydrogens (tertiary/aromatic N) is 1. The summed E-state index contributed by atoms with van der Waals surface area (Å²) in [7, 11) is 0. The average molecular weight is 403 g/mol. The summed E-state index contributed by atoms with van der Waals surface area (Å²) in [4.78, 5) is 22.7. The maximum Gasteiger partial charge on any atom is 0.490 e. The van der Waals surface area contributed by atoms with E-state index in [2.05, 4.69) is 4.90 Å². The van der Waals surface area contributed by atoms with Crippen LogP contribution in [0.4, 0.5) is 13.2 Å². The van der Waals surface area contributed by atoms with Gasteiger partial charge in [0.05, 0.1) is 5.92 Å². The SMILES string of the molecule is O=C(O)C(F)(F)F.O=C(O)C1CN(CC2CCCCC2)Cc2ccc(O)cc21. The molecule has 1 heterocycles. The number of alkyl halides is 3. The number of aromatic hydroxyl groups is 1. The number of phenols is 1. The van der Waals surface area contributed by atoms with Gasteiger partial charge in [-0.25, -0.2) is 4.79 Å². The van der Waals surface area contributed by atoms with Gasteiger partial charge in [-0.05, 0) is 42.0 Å². The molecule has 1 atom stereocenters. The lowest BCUT2D eigenvalue weighted by atomic mass is 9.86. The van der Waals surface area contributed by atoms with E-state index in [0.717, 1.165) is 24.2 Å². The van der Waals surface area contributed by atoms with Gasteiger partial charge in [0.25, 0.3) is 0 Å². The summed E-state index contributed by atoms with van der Waals surface area (Å²) in [5.41, 5.74) is 1.82. The van der Waals surface area contributed by atoms with Gasteiger partial charge in [-0.15, -0.1) is 0 Å². The maximum atomic E-state index is 11.6. The van der Waals surface area contributed by atoms with Crippen LogP contribution < -0.4 is 0 Å². The fourth-order valence-corrected chi connectivity index (χ4v) is 3.80. The molecule has 0 saturated heterocycles. The van der Waals surface area contributed by atoms with E-state index in [4.69, 9.17) is 9.90 Å². The van der Waals surface area contributed by atoms with E-state index in [-0.39, 0.29) is 5.75 Å². The zero-order valence-electron chi connectivity index (χ0n) is 15.3. The molecule has 0 bridgehead atoms. The number of carboxylic acids is 2. The number of aliphatic carboxylic acids is 2. The zero-order valence-corrected chi connectivity index (χ0v) is 15.3. The molecule has 1 aromatic carbocycles. The molecule has 3 rings (SSSR count). The Kier molecular flexibility index (Phi) is 7.29. The molecule has 1 aliphatic carbocycles. The molecule has 3 N–H and O–H groups in total. The minimum atomic E-state index is -5.08. The van der Waals surface area contributed by atoms with E-state index in [1.165, 1.54) is 32.1 Å². The second kappa shape index (κ2) is 9.27. The standard InChI is InChI=1S/C17H23NO3.C2HF3O2/c19-14-7-6-13-10-18(9-12-4-2-1-3-5-12)11-16(17(20)21)15(13)8-14;3-2(4,5)1(6)7/h6-8,12,16,19H,1-5,9-11H2,(H,20,21);(H,6,7). The Hall–Kier alpha value is -2.29. The smallest absolute Gasteiger partial charge is 0.490 e. The Bertz CT molecular complexity index is 701. The van der Waals surface area contributed by atoms with Crippen molar-refractivity contribution in [3.05, 3.63) is 29.3 Å². The summed E-state index contributed by atoms with van der Waals surface area (Å²) in [6, 6.07) is 5.14. The van der Waals surface area contributed by atoms with Gasteiger partial charge < -0.3 is 15.3 Å². The van der Waals surface area contributed by atoms with Gasteiger partial charge in [-0.3, -0.25) is 9.69 Å². The number of phenolic OH excluding ortho intramolecular Hbond substituents is 1. The largest absolute Gasteiger partial charge is 0.508 e. The van der Waals surface area contributed by atoms with Crippen molar-refractivity contribution in [3.63, 3.8) is 0 Å². The van der Waals surface area contributed by atoms with Crippen LogP contribution in [-0.2, 0) is 16.1 Å². The second-order valence-electron chi connectivity index (χ2n) is 7.27. The van der Waals surface area contributed by atoms with Crippen molar-refractivity contribution < 1.29 is 38.1 Å². The zero-order chi connectivity index (χ0) is 20.9. The molecule has 9 heteroatoms. The van der Waals surface area contributed by atoms with Crippen molar-refractivity contribution in [2.75, 3.05) is 13.1 Å². The van der Waals surface area contributed by atoms with Gasteiger partial charge in [0.2, 0.25) is 0 Å². The Labute approximate surface area is 160 Å². The highest BCUT2D eigenvalue weighted by Crippen LogP contribution is 2.33. The van der Waals surface area contributed by atoms with Crippen LogP contribution in [0.3, 0.4) is 0 Å². The van der Waals surface area contributed by atoms with E-state index in [1.54, 1.807) is 12.1 Å². The van der Waals surface area contributed by atoms with Gasteiger partial charge >= 0.3 is 18.1 Å². The third kappa shape index (κ3) is 6.12. The first kappa shape index (κ1) is 22.0. The van der Waals surface area contributed by atoms with Crippen LogP contribution in [0.25, 0.3) is 0 Å². The Morgan fingerprint density at radius 1 is 1.11 bits per heavy atom. The Balaban J connectivity index is 0.000000345. The third-order valence-electron chi connectivity index (χ3n) is 5.12. The number of hydrogen-bond donors (Lipinski definition) is 3. The summed E-state index contributed by atoms with van der Waals surface area (Å²) in [5, 5.41) is 26.2. The minimum absolute atomic E-state index is 0.153. The fourth-order valence-electron chi connectivity index (χ4n) is 3.80. The average Bonchev–Trinajstić information content (AvgIpc) is 2.62. The van der Waals surface area contributed by atoms with Gasteiger partial charge in [0.15, 0.2) is 0 Å². The van der Waals surface area contributed by atoms with E-state index >= 15 is 0 Å². The van der Waals surface area contributed by atoms with Gasteiger partial charge in [-0.1, -0.05) is 25.3 Å². The molecule has 6 nitrogen and oxygen atoms in total. The van der Waals surface area contributed by atoms with E-state index in [9.17, 15) is 28.2 Å². The van der Waals surface area contributed by atoms with Crippen LogP contribution in [0.1, 0.15) is 49.1 Å². The highest BCUT2D eigenvalue weighted by atomic mass is 19.4. The van der Waals surface area contributed by atoms with Crippen LogP contribution in [0.2, 0.25) is 0 Å². The highest BCUT2D eigenvalue weighted by Gasteiger charge is 2.38. The van der Waals surface area contributed by atoms with Gasteiger partial charge in [0.1, 0.15) is 5.75 Å². The van der Waals surface area contributed by atoms with Crippen molar-refractivity contribution in [1.82, 2.24) is 4.90 Å². The first-order valence-corrected chi connectivity index (χ1v) is 9.15. The normalized spacial score (nSPS) is 20.6. The summed E-state index contributed by atoms with van der Waals surface area (Å²) in [6.07, 6.45) is 1.43. The molecule has 0 amide bonds. The van der Waals surface area contributed by atoms with Crippen LogP contribution in [-0.4, -0.2) is 51.4 Å². The third-order valence-corrected chi connectivity index (χ3v) is 5.12. The van der Waals surface area contributed by atoms with Crippen molar-refractivity contribution in [3.8, 4) is 5.75 Å². The first-order valence-electron chi connectivity index (χ1n) is 9.15. The highest BCUT2D eigenvalue weighted by molar-refractivity contribution is 5.77. The monoisotopic (exact) mass is 403 g/mol. The molecule has 1 saturated carbocycles. The number of hydrogen-bond acceptors (Lipinski definition) is 4. The van der Waals surface area contributed by atoms with Gasteiger partial charge in [0, 0.05) is 19.6 Å². The quantitative estimate of drug-likeness (QED) is 0.714. The summed E-state index contributed by atoms with van der Waals surface area (Å²) in [5.74, 6) is -3.21. The van der Waals surface area contributed by atoms with Crippen LogP contribution in [0.5, 0.6) is 5.75 Å². The van der Waals surface area contributed by atoms with Gasteiger partial charge in [-0.2, -0.15) is 13.2 Å². The second-order valence-corrected chi connectivity index (χ2v) is 7.27. The van der Waals surface area contributed by atoms with Crippen molar-refractivity contribution in [2.24, 2.45) is 5.92 Å². The number of halogens is 3. The van der Waals surface area contributed by atoms with E-state index < -0.39 is 24.0 Å². The molecule has 1 unspecified atom stereocenters. The molecule has 156 valence electrons. The van der Waals surface area contributed by atoms with E-state index in [0.29, 0.717) is 12.5 Å². The number of benzene rings is 1. The molecule has 0 spiro atoms. The molecular formula is C19H24F3NO5. The molecule has 1 fully saturated rings. The van der Waals surface area contributed by atoms with E-state index in [1.807, 2.05) is 6.07 Å². The lowest BCUT2D eigenvalue weighted by Gasteiger charge is -2.36. The Morgan fingerprint density at radius 2 is 1.71 bits per heavy atom. The predicted octanol–water partition coefficient (Wildman–Crippen LogP) is 3.59. The number of carboxylic acid groups (broad SMARTS) is 2. The van der Waals surface area contributed by atoms with Crippen molar-refractivity contribution in [2.45, 2.75) is 50.7 Å². The van der Waals surface area contributed by atoms with Crippen LogP contribution in [0, 0.1) is 5.92 Å². The van der Waals surface area contributed by atoms with Crippen LogP contribution in [0.15, 0.2) is 18.2 Å². The van der Waals surface area contributed by atoms with Crippen molar-refractivity contribution >= 4 is 11.9 Å². The molecule has 0 aromatic heterocycles. The lowest BCUT2D eigenvalue weighted by molar-refractivity contribution is -0.192. The first-order chi connectivity index (χ1) is 13.1. The molecular weight excluding hydrogens is 379 g/mol. The van der Waals surface area contributed by atoms with Crippen LogP contribution >= 0.6 is 0 Å². The predicted molar refractivity (Wildman–Crippen MR) is 94.0 cm³/mol. The molecule has 2 aliphatic rings. The molecule has 1 aromatic rings. The summed E-state index contributed by atoms with van der Waals surface area (Å²) >= 11 is 0. The number of carbonyl (C=O) groups is 2. The summed E-state index contributed by atoms with van der Waals surface area (Å²) in [6.45, 7) is 2.36. The Morgan fingerprint density at radius 3 is 2.25 bits per heavy atom. The fraction of sp³-hybridized carbons (Fsp3) is 0.579.